The number of rotatable bonds is 6. The Morgan fingerprint density at radius 2 is 2.19 bits per heavy atom. The molecule has 0 saturated carbocycles. The number of aryl methyl sites for hydroxylation is 2. The molecule has 1 N–H and O–H groups in total. The number of imidazole rings is 1. The monoisotopic (exact) mass is 352 g/mol. The number of aromatic amines is 1. The minimum Gasteiger partial charge on any atom is -0.374 e. The summed E-state index contributed by atoms with van der Waals surface area (Å²) < 4.78 is 8.12. The van der Waals surface area contributed by atoms with Gasteiger partial charge in [0, 0.05) is 50.2 Å². The van der Waals surface area contributed by atoms with Crippen molar-refractivity contribution in [2.24, 2.45) is 7.05 Å². The first-order chi connectivity index (χ1) is 12.7. The van der Waals surface area contributed by atoms with Crippen LogP contribution < -0.4 is 0 Å². The molecular formula is C19H24N6O. The summed E-state index contributed by atoms with van der Waals surface area (Å²) >= 11 is 0. The fourth-order valence-corrected chi connectivity index (χ4v) is 3.47. The van der Waals surface area contributed by atoms with Gasteiger partial charge in [0.1, 0.15) is 0 Å². The van der Waals surface area contributed by atoms with Gasteiger partial charge in [0.05, 0.1) is 36.6 Å². The highest BCUT2D eigenvalue weighted by atomic mass is 16.5. The number of ether oxygens (including phenoxy) is 1. The van der Waals surface area contributed by atoms with Gasteiger partial charge in [0.15, 0.2) is 0 Å². The van der Waals surface area contributed by atoms with E-state index in [-0.39, 0.29) is 0 Å². The maximum absolute atomic E-state index is 6.00. The molecule has 4 heterocycles. The number of pyridine rings is 1. The summed E-state index contributed by atoms with van der Waals surface area (Å²) in [7, 11) is 2.06. The fourth-order valence-electron chi connectivity index (χ4n) is 3.47. The molecule has 0 radical (unpaired) electrons. The predicted molar refractivity (Wildman–Crippen MR) is 97.2 cm³/mol. The second kappa shape index (κ2) is 7.39. The lowest BCUT2D eigenvalue weighted by molar-refractivity contribution is 0.0343. The molecular weight excluding hydrogens is 328 g/mol. The Labute approximate surface area is 153 Å². The molecule has 0 aliphatic carbocycles. The lowest BCUT2D eigenvalue weighted by Crippen LogP contribution is -2.43. The van der Waals surface area contributed by atoms with Gasteiger partial charge in [-0.25, -0.2) is 4.98 Å². The molecule has 7 heteroatoms. The van der Waals surface area contributed by atoms with Crippen LogP contribution in [0.2, 0.25) is 0 Å². The Morgan fingerprint density at radius 3 is 2.96 bits per heavy atom. The minimum atomic E-state index is 0.290. The van der Waals surface area contributed by atoms with Gasteiger partial charge in [0.2, 0.25) is 0 Å². The van der Waals surface area contributed by atoms with Crippen molar-refractivity contribution in [2.75, 3.05) is 6.61 Å². The lowest BCUT2D eigenvalue weighted by Gasteiger charge is -2.34. The topological polar surface area (TPSA) is 71.9 Å². The zero-order valence-corrected chi connectivity index (χ0v) is 15.2. The van der Waals surface area contributed by atoms with Gasteiger partial charge in [0.25, 0.3) is 0 Å². The summed E-state index contributed by atoms with van der Waals surface area (Å²) in [6.45, 7) is 4.82. The van der Waals surface area contributed by atoms with Crippen molar-refractivity contribution in [3.8, 4) is 0 Å². The van der Waals surface area contributed by atoms with Crippen LogP contribution >= 0.6 is 0 Å². The second-order valence-corrected chi connectivity index (χ2v) is 6.89. The van der Waals surface area contributed by atoms with Crippen molar-refractivity contribution in [2.45, 2.75) is 39.1 Å². The lowest BCUT2D eigenvalue weighted by atomic mass is 10.0. The molecule has 4 rings (SSSR count). The first kappa shape index (κ1) is 16.9. The van der Waals surface area contributed by atoms with Gasteiger partial charge < -0.3 is 9.30 Å². The van der Waals surface area contributed by atoms with Gasteiger partial charge in [-0.05, 0) is 25.1 Å². The predicted octanol–water partition coefficient (Wildman–Crippen LogP) is 1.99. The maximum Gasteiger partial charge on any atom is 0.0949 e. The quantitative estimate of drug-likeness (QED) is 0.735. The Kier molecular flexibility index (Phi) is 4.81. The van der Waals surface area contributed by atoms with Crippen LogP contribution in [0.3, 0.4) is 0 Å². The molecule has 1 aliphatic rings. The molecule has 0 spiro atoms. The van der Waals surface area contributed by atoms with Crippen molar-refractivity contribution in [1.29, 1.82) is 0 Å². The van der Waals surface area contributed by atoms with E-state index in [1.165, 1.54) is 5.69 Å². The van der Waals surface area contributed by atoms with Crippen molar-refractivity contribution in [3.05, 3.63) is 65.3 Å². The summed E-state index contributed by atoms with van der Waals surface area (Å²) in [5, 5.41) is 7.42. The van der Waals surface area contributed by atoms with E-state index in [9.17, 15) is 0 Å². The van der Waals surface area contributed by atoms with E-state index in [1.807, 2.05) is 31.5 Å². The average Bonchev–Trinajstić information content (AvgIpc) is 3.22. The van der Waals surface area contributed by atoms with Gasteiger partial charge >= 0.3 is 0 Å². The van der Waals surface area contributed by atoms with E-state index in [1.54, 1.807) is 6.20 Å². The van der Waals surface area contributed by atoms with Crippen LogP contribution in [0.25, 0.3) is 0 Å². The smallest absolute Gasteiger partial charge is 0.0949 e. The average molecular weight is 352 g/mol. The van der Waals surface area contributed by atoms with Gasteiger partial charge in [-0.2, -0.15) is 5.10 Å². The molecule has 136 valence electrons. The third kappa shape index (κ3) is 3.68. The number of H-pyrrole nitrogens is 1. The van der Waals surface area contributed by atoms with Crippen molar-refractivity contribution in [1.82, 2.24) is 29.6 Å². The maximum atomic E-state index is 6.00. The first-order valence-corrected chi connectivity index (χ1v) is 8.90. The third-order valence-corrected chi connectivity index (χ3v) is 4.85. The molecule has 3 aromatic rings. The molecule has 0 fully saturated rings. The van der Waals surface area contributed by atoms with Crippen LogP contribution in [0.15, 0.2) is 36.8 Å². The fraction of sp³-hybridized carbons (Fsp3) is 0.421. The highest BCUT2D eigenvalue weighted by Crippen LogP contribution is 2.24. The minimum absolute atomic E-state index is 0.290. The van der Waals surface area contributed by atoms with Gasteiger partial charge in [-0.15, -0.1) is 0 Å². The number of fused-ring (bicyclic) bond motifs is 1. The van der Waals surface area contributed by atoms with Crippen LogP contribution in [0.1, 0.15) is 28.5 Å². The van der Waals surface area contributed by atoms with Crippen LogP contribution in [0.5, 0.6) is 0 Å². The third-order valence-electron chi connectivity index (χ3n) is 4.85. The summed E-state index contributed by atoms with van der Waals surface area (Å²) in [5.41, 5.74) is 5.54. The number of nitrogens with one attached hydrogen (secondary N) is 1. The Morgan fingerprint density at radius 1 is 1.27 bits per heavy atom. The molecule has 1 aliphatic heterocycles. The Bertz CT molecular complexity index is 856. The molecule has 1 unspecified atom stereocenters. The summed E-state index contributed by atoms with van der Waals surface area (Å²) in [5.74, 6) is 0. The SMILES string of the molecule is Cc1cc(CN2Cc3ncn(C)c3CC2COCc2ccccn2)n[nH]1. The molecule has 0 amide bonds. The van der Waals surface area contributed by atoms with E-state index in [0.29, 0.717) is 19.3 Å². The molecule has 0 aromatic carbocycles. The summed E-state index contributed by atoms with van der Waals surface area (Å²) in [6, 6.07) is 8.28. The van der Waals surface area contributed by atoms with Gasteiger partial charge in [-0.3, -0.25) is 15.0 Å². The zero-order valence-electron chi connectivity index (χ0n) is 15.2. The van der Waals surface area contributed by atoms with E-state index >= 15 is 0 Å². The highest BCUT2D eigenvalue weighted by molar-refractivity contribution is 5.19. The number of hydrogen-bond donors (Lipinski definition) is 1. The van der Waals surface area contributed by atoms with E-state index in [2.05, 4.69) is 42.7 Å². The summed E-state index contributed by atoms with van der Waals surface area (Å²) in [6.07, 6.45) is 4.63. The molecule has 0 bridgehead atoms. The molecule has 1 atom stereocenters. The van der Waals surface area contributed by atoms with Crippen LogP contribution in [-0.4, -0.2) is 42.3 Å². The van der Waals surface area contributed by atoms with E-state index in [4.69, 9.17) is 4.74 Å². The standard InChI is InChI=1S/C19H24N6O/c1-14-7-16(23-22-14)9-25-10-18-19(24(2)13-21-18)8-17(25)12-26-11-15-5-3-4-6-20-15/h3-7,13,17H,8-12H2,1-2H3,(H,22,23). The number of hydrogen-bond acceptors (Lipinski definition) is 5. The Balaban J connectivity index is 1.46. The highest BCUT2D eigenvalue weighted by Gasteiger charge is 2.29. The van der Waals surface area contributed by atoms with Crippen LogP contribution in [0.4, 0.5) is 0 Å². The summed E-state index contributed by atoms with van der Waals surface area (Å²) in [4.78, 5) is 11.3. The normalized spacial score (nSPS) is 17.4. The van der Waals surface area contributed by atoms with Crippen molar-refractivity contribution >= 4 is 0 Å². The van der Waals surface area contributed by atoms with Crippen molar-refractivity contribution in [3.63, 3.8) is 0 Å². The number of aromatic nitrogens is 5. The van der Waals surface area contributed by atoms with Crippen molar-refractivity contribution < 1.29 is 4.74 Å². The Hall–Kier alpha value is -2.51. The zero-order chi connectivity index (χ0) is 17.9. The molecule has 7 nitrogen and oxygen atoms in total. The van der Waals surface area contributed by atoms with E-state index in [0.717, 1.165) is 42.3 Å². The van der Waals surface area contributed by atoms with Crippen LogP contribution in [-0.2, 0) is 37.9 Å². The second-order valence-electron chi connectivity index (χ2n) is 6.89. The van der Waals surface area contributed by atoms with Gasteiger partial charge in [-0.1, -0.05) is 6.07 Å². The molecule has 3 aromatic heterocycles. The molecule has 0 saturated heterocycles. The first-order valence-electron chi connectivity index (χ1n) is 8.90. The van der Waals surface area contributed by atoms with E-state index < -0.39 is 0 Å². The largest absolute Gasteiger partial charge is 0.374 e. The van der Waals surface area contributed by atoms with Crippen LogP contribution in [0, 0.1) is 6.92 Å². The molecule has 26 heavy (non-hydrogen) atoms. The number of nitrogens with zero attached hydrogens (tertiary/aromatic N) is 5.